The van der Waals surface area contributed by atoms with Crippen LogP contribution in [0.25, 0.3) is 0 Å². The zero-order valence-electron chi connectivity index (χ0n) is 12.6. The number of piperidine rings is 1. The molecule has 116 valence electrons. The SMILES string of the molecule is Cc1nc(C2CCCN(C(=O)Cc3ccccc3F)C2)n[nH]1. The van der Waals surface area contributed by atoms with Crippen LogP contribution in [0.1, 0.15) is 36.0 Å². The van der Waals surface area contributed by atoms with Crippen molar-refractivity contribution >= 4 is 5.91 Å². The van der Waals surface area contributed by atoms with Crippen LogP contribution < -0.4 is 0 Å². The molecule has 1 fully saturated rings. The van der Waals surface area contributed by atoms with Crippen molar-refractivity contribution < 1.29 is 9.18 Å². The lowest BCUT2D eigenvalue weighted by molar-refractivity contribution is -0.131. The minimum Gasteiger partial charge on any atom is -0.342 e. The molecule has 1 saturated heterocycles. The highest BCUT2D eigenvalue weighted by molar-refractivity contribution is 5.79. The summed E-state index contributed by atoms with van der Waals surface area (Å²) in [5.41, 5.74) is 0.448. The Labute approximate surface area is 128 Å². The molecule has 1 aromatic heterocycles. The number of aromatic nitrogens is 3. The minimum absolute atomic E-state index is 0.0398. The third-order valence-electron chi connectivity index (χ3n) is 4.05. The first-order chi connectivity index (χ1) is 10.6. The number of carbonyl (C=O) groups is 1. The maximum absolute atomic E-state index is 13.7. The van der Waals surface area contributed by atoms with Crippen molar-refractivity contribution in [1.29, 1.82) is 0 Å². The van der Waals surface area contributed by atoms with Crippen LogP contribution in [-0.4, -0.2) is 39.1 Å². The predicted molar refractivity (Wildman–Crippen MR) is 79.8 cm³/mol. The summed E-state index contributed by atoms with van der Waals surface area (Å²) in [6, 6.07) is 6.43. The lowest BCUT2D eigenvalue weighted by Crippen LogP contribution is -2.40. The summed E-state index contributed by atoms with van der Waals surface area (Å²) in [6.45, 7) is 3.18. The molecule has 2 aromatic rings. The van der Waals surface area contributed by atoms with E-state index in [0.29, 0.717) is 18.7 Å². The van der Waals surface area contributed by atoms with Gasteiger partial charge in [-0.1, -0.05) is 18.2 Å². The lowest BCUT2D eigenvalue weighted by Gasteiger charge is -2.31. The van der Waals surface area contributed by atoms with Crippen molar-refractivity contribution in [3.63, 3.8) is 0 Å². The van der Waals surface area contributed by atoms with Crippen LogP contribution >= 0.6 is 0 Å². The molecular formula is C16H19FN4O. The zero-order valence-corrected chi connectivity index (χ0v) is 12.6. The van der Waals surface area contributed by atoms with Crippen LogP contribution in [0.15, 0.2) is 24.3 Å². The van der Waals surface area contributed by atoms with Crippen LogP contribution in [0.5, 0.6) is 0 Å². The molecule has 1 aliphatic rings. The summed E-state index contributed by atoms with van der Waals surface area (Å²) in [6.07, 6.45) is 1.99. The van der Waals surface area contributed by atoms with Crippen molar-refractivity contribution in [2.24, 2.45) is 0 Å². The number of carbonyl (C=O) groups excluding carboxylic acids is 1. The number of halogens is 1. The Kier molecular flexibility index (Phi) is 4.18. The molecule has 1 N–H and O–H groups in total. The van der Waals surface area contributed by atoms with Gasteiger partial charge in [-0.15, -0.1) is 0 Å². The number of benzene rings is 1. The van der Waals surface area contributed by atoms with E-state index in [1.54, 1.807) is 23.1 Å². The number of H-pyrrole nitrogens is 1. The van der Waals surface area contributed by atoms with Crippen molar-refractivity contribution in [3.8, 4) is 0 Å². The monoisotopic (exact) mass is 302 g/mol. The molecule has 0 spiro atoms. The minimum atomic E-state index is -0.325. The number of aromatic amines is 1. The highest BCUT2D eigenvalue weighted by Crippen LogP contribution is 2.25. The smallest absolute Gasteiger partial charge is 0.227 e. The lowest BCUT2D eigenvalue weighted by atomic mass is 9.96. The average molecular weight is 302 g/mol. The fourth-order valence-corrected chi connectivity index (χ4v) is 2.87. The van der Waals surface area contributed by atoms with Crippen LogP contribution in [0.3, 0.4) is 0 Å². The Morgan fingerprint density at radius 2 is 2.27 bits per heavy atom. The molecule has 1 aromatic carbocycles. The Hall–Kier alpha value is -2.24. The standard InChI is InChI=1S/C16H19FN4O/c1-11-18-16(20-19-11)13-6-4-8-21(10-13)15(22)9-12-5-2-3-7-14(12)17/h2-3,5,7,13H,4,6,8-10H2,1H3,(H,18,19,20). The number of nitrogens with one attached hydrogen (secondary N) is 1. The number of amides is 1. The van der Waals surface area contributed by atoms with E-state index in [1.807, 2.05) is 6.92 Å². The molecule has 22 heavy (non-hydrogen) atoms. The summed E-state index contributed by atoms with van der Waals surface area (Å²) in [5, 5.41) is 7.04. The third-order valence-corrected chi connectivity index (χ3v) is 4.05. The molecule has 5 nitrogen and oxygen atoms in total. The van der Waals surface area contributed by atoms with E-state index in [-0.39, 0.29) is 24.1 Å². The van der Waals surface area contributed by atoms with E-state index in [4.69, 9.17) is 0 Å². The number of hydrogen-bond acceptors (Lipinski definition) is 3. The second kappa shape index (κ2) is 6.25. The first-order valence-corrected chi connectivity index (χ1v) is 7.53. The fourth-order valence-electron chi connectivity index (χ4n) is 2.87. The van der Waals surface area contributed by atoms with Crippen LogP contribution in [0.4, 0.5) is 4.39 Å². The number of hydrogen-bond donors (Lipinski definition) is 1. The predicted octanol–water partition coefficient (Wildman–Crippen LogP) is 2.20. The molecule has 0 aliphatic carbocycles. The van der Waals surface area contributed by atoms with Crippen molar-refractivity contribution in [1.82, 2.24) is 20.1 Å². The summed E-state index contributed by atoms with van der Waals surface area (Å²) in [4.78, 5) is 18.6. The number of rotatable bonds is 3. The third kappa shape index (κ3) is 3.16. The summed E-state index contributed by atoms with van der Waals surface area (Å²) >= 11 is 0. The van der Waals surface area contributed by atoms with Gasteiger partial charge in [0.1, 0.15) is 11.6 Å². The number of aryl methyl sites for hydroxylation is 1. The first kappa shape index (κ1) is 14.7. The second-order valence-corrected chi connectivity index (χ2v) is 5.73. The van der Waals surface area contributed by atoms with Crippen LogP contribution in [0, 0.1) is 12.7 Å². The zero-order chi connectivity index (χ0) is 15.5. The fraction of sp³-hybridized carbons (Fsp3) is 0.438. The van der Waals surface area contributed by atoms with Crippen molar-refractivity contribution in [2.75, 3.05) is 13.1 Å². The van der Waals surface area contributed by atoms with Crippen molar-refractivity contribution in [2.45, 2.75) is 32.1 Å². The first-order valence-electron chi connectivity index (χ1n) is 7.53. The Morgan fingerprint density at radius 3 is 3.00 bits per heavy atom. The van der Waals surface area contributed by atoms with Gasteiger partial charge in [-0.25, -0.2) is 9.37 Å². The van der Waals surface area contributed by atoms with Crippen LogP contribution in [-0.2, 0) is 11.2 Å². The molecule has 0 bridgehead atoms. The van der Waals surface area contributed by atoms with Gasteiger partial charge in [0.25, 0.3) is 0 Å². The number of nitrogens with zero attached hydrogens (tertiary/aromatic N) is 3. The molecule has 1 unspecified atom stereocenters. The summed E-state index contributed by atoms with van der Waals surface area (Å²) < 4.78 is 13.7. The molecular weight excluding hydrogens is 283 g/mol. The molecule has 1 amide bonds. The van der Waals surface area contributed by atoms with Crippen molar-refractivity contribution in [3.05, 3.63) is 47.3 Å². The normalized spacial score (nSPS) is 18.5. The van der Waals surface area contributed by atoms with Gasteiger partial charge in [-0.05, 0) is 31.4 Å². The largest absolute Gasteiger partial charge is 0.342 e. The molecule has 6 heteroatoms. The maximum atomic E-state index is 13.7. The quantitative estimate of drug-likeness (QED) is 0.945. The van der Waals surface area contributed by atoms with Gasteiger partial charge in [0, 0.05) is 19.0 Å². The molecule has 2 heterocycles. The highest BCUT2D eigenvalue weighted by atomic mass is 19.1. The molecule has 1 aliphatic heterocycles. The van der Waals surface area contributed by atoms with E-state index >= 15 is 0 Å². The van der Waals surface area contributed by atoms with Gasteiger partial charge < -0.3 is 4.90 Å². The summed E-state index contributed by atoms with van der Waals surface area (Å²) in [5.74, 6) is 1.34. The Balaban J connectivity index is 1.66. The Bertz CT molecular complexity index is 670. The molecule has 0 saturated carbocycles. The summed E-state index contributed by atoms with van der Waals surface area (Å²) in [7, 11) is 0. The highest BCUT2D eigenvalue weighted by Gasteiger charge is 2.27. The topological polar surface area (TPSA) is 61.9 Å². The second-order valence-electron chi connectivity index (χ2n) is 5.73. The van der Waals surface area contributed by atoms with Gasteiger partial charge in [-0.3, -0.25) is 9.89 Å². The van der Waals surface area contributed by atoms with E-state index < -0.39 is 0 Å². The molecule has 3 rings (SSSR count). The van der Waals surface area contributed by atoms with Gasteiger partial charge in [-0.2, -0.15) is 5.10 Å². The van der Waals surface area contributed by atoms with Gasteiger partial charge in [0.05, 0.1) is 6.42 Å². The number of likely N-dealkylation sites (tertiary alicyclic amines) is 1. The van der Waals surface area contributed by atoms with Gasteiger partial charge in [0.15, 0.2) is 5.82 Å². The van der Waals surface area contributed by atoms with E-state index in [1.165, 1.54) is 6.07 Å². The van der Waals surface area contributed by atoms with Gasteiger partial charge >= 0.3 is 0 Å². The maximum Gasteiger partial charge on any atom is 0.227 e. The van der Waals surface area contributed by atoms with E-state index in [9.17, 15) is 9.18 Å². The Morgan fingerprint density at radius 1 is 1.45 bits per heavy atom. The van der Waals surface area contributed by atoms with E-state index in [0.717, 1.165) is 24.5 Å². The average Bonchev–Trinajstić information content (AvgIpc) is 2.96. The van der Waals surface area contributed by atoms with Crippen LogP contribution in [0.2, 0.25) is 0 Å². The van der Waals surface area contributed by atoms with Gasteiger partial charge in [0.2, 0.25) is 5.91 Å². The molecule has 0 radical (unpaired) electrons. The van der Waals surface area contributed by atoms with E-state index in [2.05, 4.69) is 15.2 Å². The molecule has 1 atom stereocenters.